The third-order valence-electron chi connectivity index (χ3n) is 6.02. The van der Waals surface area contributed by atoms with E-state index < -0.39 is 20.1 Å². The van der Waals surface area contributed by atoms with Gasteiger partial charge in [0.05, 0.1) is 0 Å². The SMILES string of the molecule is CCC1=[C]([Hf]([CH]2c3ccccc3-c3ccccc32)=[Si](C)C)C(CC)C=C1.Cl.Cl. The Morgan fingerprint density at radius 2 is 1.39 bits per heavy atom. The van der Waals surface area contributed by atoms with Gasteiger partial charge in [-0.3, -0.25) is 0 Å². The second kappa shape index (κ2) is 10.1. The Bertz CT molecular complexity index is 909. The monoisotopic (exact) mass is 596 g/mol. The quantitative estimate of drug-likeness (QED) is 0.317. The molecule has 0 nitrogen and oxygen atoms in total. The van der Waals surface area contributed by atoms with Gasteiger partial charge in [0.25, 0.3) is 0 Å². The van der Waals surface area contributed by atoms with Crippen LogP contribution in [0, 0.1) is 5.92 Å². The van der Waals surface area contributed by atoms with Crippen molar-refractivity contribution in [1.82, 2.24) is 0 Å². The van der Waals surface area contributed by atoms with Gasteiger partial charge in [0, 0.05) is 0 Å². The maximum absolute atomic E-state index is 2.61. The molecule has 1 atom stereocenters. The third-order valence-corrected chi connectivity index (χ3v) is 32.2. The minimum atomic E-state index is -2.07. The van der Waals surface area contributed by atoms with E-state index in [9.17, 15) is 0 Å². The average Bonchev–Trinajstić information content (AvgIpc) is 3.22. The molecule has 4 rings (SSSR count). The standard InChI is InChI=1S/C13H9.C9H13.C2H6Si.2ClH.Hf/c1-3-7-12-10(5-1)9-11-6-2-4-8-13(11)12;1-3-8-5-6-9(4-2)7-8;1-3-2;;;/h1-9H;5-6,8H,3-4H2,1-2H3;1-2H3;2*1H;. The number of fused-ring (bicyclic) bond motifs is 3. The number of allylic oxidation sites excluding steroid dienone is 4. The first-order chi connectivity index (χ1) is 12.7. The summed E-state index contributed by atoms with van der Waals surface area (Å²) in [5, 5.41) is 0. The number of hydrogen-bond acceptors (Lipinski definition) is 0. The largest absolute Gasteiger partial charge is 0.147 e. The van der Waals surface area contributed by atoms with Crippen LogP contribution in [0.2, 0.25) is 13.1 Å². The fourth-order valence-corrected chi connectivity index (χ4v) is 33.2. The molecule has 2 aliphatic rings. The van der Waals surface area contributed by atoms with E-state index in [1.807, 2.05) is 3.33 Å². The maximum Gasteiger partial charge on any atom is -0.147 e. The summed E-state index contributed by atoms with van der Waals surface area (Å²) < 4.78 is 2.71. The van der Waals surface area contributed by atoms with Crippen LogP contribution in [-0.2, 0) is 20.1 Å². The van der Waals surface area contributed by atoms with Crippen molar-refractivity contribution >= 4 is 30.3 Å². The summed E-state index contributed by atoms with van der Waals surface area (Å²) in [4.78, 5) is 0. The first-order valence-electron chi connectivity index (χ1n) is 9.94. The van der Waals surface area contributed by atoms with Crippen molar-refractivity contribution in [3.8, 4) is 11.1 Å². The molecule has 0 amide bonds. The van der Waals surface area contributed by atoms with Gasteiger partial charge in [0.15, 0.2) is 0 Å². The third kappa shape index (κ3) is 3.95. The zero-order valence-corrected chi connectivity index (χ0v) is 23.4. The summed E-state index contributed by atoms with van der Waals surface area (Å²) in [5.41, 5.74) is 7.72. The molecule has 0 fully saturated rings. The minimum absolute atomic E-state index is 0. The first-order valence-corrected chi connectivity index (χ1v) is 21.7. The van der Waals surface area contributed by atoms with Gasteiger partial charge in [-0.05, 0) is 0 Å². The zero-order valence-electron chi connectivity index (χ0n) is 17.2. The van der Waals surface area contributed by atoms with Crippen molar-refractivity contribution in [3.63, 3.8) is 0 Å². The van der Waals surface area contributed by atoms with E-state index in [4.69, 9.17) is 0 Å². The molecule has 0 spiro atoms. The molecule has 0 saturated heterocycles. The topological polar surface area (TPSA) is 0 Å². The van der Waals surface area contributed by atoms with Crippen LogP contribution in [0.15, 0.2) is 69.6 Å². The Morgan fingerprint density at radius 3 is 1.86 bits per heavy atom. The molecule has 0 saturated carbocycles. The second-order valence-corrected chi connectivity index (χ2v) is 31.9. The molecular formula is C24H30Cl2HfSi. The van der Waals surface area contributed by atoms with Crippen molar-refractivity contribution in [2.75, 3.05) is 0 Å². The van der Waals surface area contributed by atoms with Gasteiger partial charge >= 0.3 is 167 Å². The van der Waals surface area contributed by atoms with Crippen LogP contribution in [0.4, 0.5) is 0 Å². The molecule has 0 aliphatic heterocycles. The van der Waals surface area contributed by atoms with Crippen LogP contribution < -0.4 is 0 Å². The predicted molar refractivity (Wildman–Crippen MR) is 126 cm³/mol. The van der Waals surface area contributed by atoms with E-state index in [2.05, 4.69) is 87.6 Å². The molecule has 4 heteroatoms. The molecule has 2 aliphatic carbocycles. The number of benzene rings is 2. The van der Waals surface area contributed by atoms with Gasteiger partial charge in [0.2, 0.25) is 0 Å². The maximum atomic E-state index is 2.61. The van der Waals surface area contributed by atoms with E-state index in [0.29, 0.717) is 0 Å². The molecule has 0 bridgehead atoms. The Balaban J connectivity index is 0.00000140. The summed E-state index contributed by atoms with van der Waals surface area (Å²) in [6.45, 7) is 9.96. The normalized spacial score (nSPS) is 16.9. The molecule has 28 heavy (non-hydrogen) atoms. The van der Waals surface area contributed by atoms with Gasteiger partial charge in [-0.15, -0.1) is 24.8 Å². The van der Waals surface area contributed by atoms with Crippen LogP contribution in [0.5, 0.6) is 0 Å². The fraction of sp³-hybridized carbons (Fsp3) is 0.333. The molecule has 0 radical (unpaired) electrons. The first kappa shape index (κ1) is 23.9. The molecule has 2 aromatic rings. The van der Waals surface area contributed by atoms with Gasteiger partial charge in [-0.2, -0.15) is 0 Å². The van der Waals surface area contributed by atoms with Gasteiger partial charge in [-0.25, -0.2) is 0 Å². The summed E-state index contributed by atoms with van der Waals surface area (Å²) in [7, 11) is 0. The van der Waals surface area contributed by atoms with Crippen LogP contribution in [0.1, 0.15) is 41.5 Å². The Hall–Kier alpha value is -0.413. The van der Waals surface area contributed by atoms with Crippen molar-refractivity contribution < 1.29 is 20.1 Å². The van der Waals surface area contributed by atoms with Gasteiger partial charge < -0.3 is 0 Å². The van der Waals surface area contributed by atoms with Crippen LogP contribution in [0.3, 0.4) is 0 Å². The van der Waals surface area contributed by atoms with E-state index in [0.717, 1.165) is 9.59 Å². The Labute approximate surface area is 190 Å². The molecule has 2 aromatic carbocycles. The molecule has 1 unspecified atom stereocenters. The van der Waals surface area contributed by atoms with Crippen molar-refractivity contribution in [3.05, 3.63) is 80.7 Å². The van der Waals surface area contributed by atoms with Gasteiger partial charge in [-0.1, -0.05) is 0 Å². The molecular weight excluding hydrogens is 566 g/mol. The fourth-order valence-electron chi connectivity index (χ4n) is 4.86. The van der Waals surface area contributed by atoms with Crippen LogP contribution in [-0.4, -0.2) is 5.49 Å². The van der Waals surface area contributed by atoms with Gasteiger partial charge in [0.1, 0.15) is 0 Å². The zero-order chi connectivity index (χ0) is 18.3. The number of hydrogen-bond donors (Lipinski definition) is 0. The summed E-state index contributed by atoms with van der Waals surface area (Å²) in [6.07, 6.45) is 7.48. The second-order valence-electron chi connectivity index (χ2n) is 7.69. The van der Waals surface area contributed by atoms with E-state index in [-0.39, 0.29) is 30.3 Å². The number of rotatable bonds is 4. The van der Waals surface area contributed by atoms with E-state index in [1.165, 1.54) is 24.0 Å². The summed E-state index contributed by atoms with van der Waals surface area (Å²) >= 11 is -2.07. The Kier molecular flexibility index (Phi) is 8.58. The average molecular weight is 596 g/mol. The van der Waals surface area contributed by atoms with E-state index >= 15 is 0 Å². The Morgan fingerprint density at radius 1 is 0.857 bits per heavy atom. The summed E-state index contributed by atoms with van der Waals surface area (Å²) in [5.74, 6) is 0.729. The summed E-state index contributed by atoms with van der Waals surface area (Å²) in [6, 6.07) is 18.5. The smallest absolute Gasteiger partial charge is 0.147 e. The predicted octanol–water partition coefficient (Wildman–Crippen LogP) is 7.73. The van der Waals surface area contributed by atoms with Crippen molar-refractivity contribution in [2.24, 2.45) is 5.92 Å². The number of halogens is 2. The molecule has 0 heterocycles. The van der Waals surface area contributed by atoms with Crippen molar-refractivity contribution in [1.29, 1.82) is 0 Å². The van der Waals surface area contributed by atoms with Crippen molar-refractivity contribution in [2.45, 2.75) is 43.5 Å². The van der Waals surface area contributed by atoms with Crippen LogP contribution >= 0.6 is 24.8 Å². The molecule has 0 N–H and O–H groups in total. The van der Waals surface area contributed by atoms with E-state index in [1.54, 1.807) is 16.7 Å². The minimum Gasteiger partial charge on any atom is -0.147 e. The molecule has 0 aromatic heterocycles. The van der Waals surface area contributed by atoms with Crippen LogP contribution in [0.25, 0.3) is 11.1 Å². The molecule has 148 valence electrons.